The summed E-state index contributed by atoms with van der Waals surface area (Å²) in [5.74, 6) is 0.534. The molecule has 0 unspecified atom stereocenters. The summed E-state index contributed by atoms with van der Waals surface area (Å²) in [6.07, 6.45) is 0. The van der Waals surface area contributed by atoms with Gasteiger partial charge in [-0.3, -0.25) is 5.41 Å². The van der Waals surface area contributed by atoms with Crippen molar-refractivity contribution >= 4 is 55.3 Å². The van der Waals surface area contributed by atoms with Crippen LogP contribution in [-0.2, 0) is 0 Å². The highest BCUT2D eigenvalue weighted by Crippen LogP contribution is 2.38. The van der Waals surface area contributed by atoms with Gasteiger partial charge in [-0.15, -0.1) is 0 Å². The molecule has 0 aliphatic heterocycles. The highest BCUT2D eigenvalue weighted by molar-refractivity contribution is 6.13. The van der Waals surface area contributed by atoms with Gasteiger partial charge in [0.2, 0.25) is 0 Å². The van der Waals surface area contributed by atoms with Gasteiger partial charge >= 0.3 is 0 Å². The molecule has 10 rings (SSSR count). The lowest BCUT2D eigenvalue weighted by Crippen LogP contribution is -2.15. The molecule has 8 aromatic carbocycles. The first-order chi connectivity index (χ1) is 27.5. The van der Waals surface area contributed by atoms with Crippen LogP contribution in [0.1, 0.15) is 16.7 Å². The molecule has 268 valence electrons. The molecule has 0 saturated heterocycles. The van der Waals surface area contributed by atoms with E-state index in [1.807, 2.05) is 60.7 Å². The van der Waals surface area contributed by atoms with Crippen molar-refractivity contribution in [2.75, 3.05) is 0 Å². The van der Waals surface area contributed by atoms with E-state index in [0.29, 0.717) is 5.84 Å². The summed E-state index contributed by atoms with van der Waals surface area (Å²) in [4.78, 5) is 4.10. The van der Waals surface area contributed by atoms with Gasteiger partial charge in [-0.1, -0.05) is 145 Å². The number of nitrogens with two attached hydrogens (primary N) is 1. The number of nitrogens with zero attached hydrogens (tertiary/aromatic N) is 3. The van der Waals surface area contributed by atoms with E-state index in [-0.39, 0.29) is 5.84 Å². The molecular weight excluding hydrogens is 683 g/mol. The lowest BCUT2D eigenvalue weighted by atomic mass is 10.0. The van der Waals surface area contributed by atoms with E-state index in [4.69, 9.17) is 11.1 Å². The summed E-state index contributed by atoms with van der Waals surface area (Å²) < 4.78 is 4.75. The summed E-state index contributed by atoms with van der Waals surface area (Å²) in [7, 11) is 0. The predicted molar refractivity (Wildman–Crippen MR) is 236 cm³/mol. The molecule has 0 bridgehead atoms. The molecule has 0 aliphatic carbocycles. The predicted octanol–water partition coefficient (Wildman–Crippen LogP) is 12.3. The van der Waals surface area contributed by atoms with E-state index < -0.39 is 0 Å². The number of amidine groups is 2. The monoisotopic (exact) mass is 721 g/mol. The molecule has 3 N–H and O–H groups in total. The Kier molecular flexibility index (Phi) is 9.02. The van der Waals surface area contributed by atoms with Crippen molar-refractivity contribution in [2.24, 2.45) is 10.7 Å². The zero-order chi connectivity index (χ0) is 38.0. The van der Waals surface area contributed by atoms with Gasteiger partial charge in [-0.25, -0.2) is 4.99 Å². The molecule has 5 heteroatoms. The highest BCUT2D eigenvalue weighted by atomic mass is 15.0. The third-order valence-electron chi connectivity index (χ3n) is 10.3. The minimum Gasteiger partial charge on any atom is -0.383 e. The summed E-state index contributed by atoms with van der Waals surface area (Å²) in [6, 6.07) is 69.4. The Morgan fingerprint density at radius 1 is 0.429 bits per heavy atom. The van der Waals surface area contributed by atoms with Crippen LogP contribution in [0.4, 0.5) is 0 Å². The van der Waals surface area contributed by atoms with Crippen molar-refractivity contribution in [1.82, 2.24) is 9.13 Å². The second-order valence-electron chi connectivity index (χ2n) is 13.9. The Labute approximate surface area is 325 Å². The van der Waals surface area contributed by atoms with Crippen LogP contribution < -0.4 is 5.73 Å². The number of para-hydroxylation sites is 3. The Hall–Kier alpha value is -7.50. The molecule has 56 heavy (non-hydrogen) atoms. The fourth-order valence-electron chi connectivity index (χ4n) is 7.59. The second-order valence-corrected chi connectivity index (χ2v) is 13.9. The van der Waals surface area contributed by atoms with Gasteiger partial charge in [0.25, 0.3) is 0 Å². The summed E-state index contributed by atoms with van der Waals surface area (Å²) in [5, 5.41) is 12.9. The van der Waals surface area contributed by atoms with Crippen molar-refractivity contribution < 1.29 is 0 Å². The quantitative estimate of drug-likeness (QED) is 0.135. The second kappa shape index (κ2) is 14.7. The van der Waals surface area contributed by atoms with E-state index >= 15 is 0 Å². The Bertz CT molecular complexity index is 3030. The van der Waals surface area contributed by atoms with Gasteiger partial charge < -0.3 is 14.9 Å². The maximum atomic E-state index is 7.84. The van der Waals surface area contributed by atoms with Crippen molar-refractivity contribution in [1.29, 1.82) is 5.41 Å². The molecule has 10 aromatic rings. The largest absolute Gasteiger partial charge is 0.383 e. The first kappa shape index (κ1) is 34.3. The number of aryl methyl sites for hydroxylation is 1. The molecule has 0 aliphatic rings. The van der Waals surface area contributed by atoms with Gasteiger partial charge in [0.15, 0.2) is 5.84 Å². The summed E-state index contributed by atoms with van der Waals surface area (Å²) >= 11 is 0. The summed E-state index contributed by atoms with van der Waals surface area (Å²) in [5.41, 5.74) is 18.4. The van der Waals surface area contributed by atoms with Crippen LogP contribution in [0.15, 0.2) is 205 Å². The number of hydrogen-bond acceptors (Lipinski definition) is 1. The molecule has 2 heterocycles. The Balaban J connectivity index is 0.000000203. The molecule has 0 atom stereocenters. The molecule has 0 spiro atoms. The smallest absolute Gasteiger partial charge is 0.154 e. The average molecular weight is 722 g/mol. The topological polar surface area (TPSA) is 72.1 Å². The minimum atomic E-state index is 0.173. The van der Waals surface area contributed by atoms with Crippen LogP contribution in [0.2, 0.25) is 0 Å². The molecule has 2 aromatic heterocycles. The van der Waals surface area contributed by atoms with Crippen molar-refractivity contribution in [3.63, 3.8) is 0 Å². The van der Waals surface area contributed by atoms with Gasteiger partial charge in [-0.2, -0.15) is 0 Å². The maximum absolute atomic E-state index is 7.84. The van der Waals surface area contributed by atoms with E-state index in [9.17, 15) is 0 Å². The lowest BCUT2D eigenvalue weighted by Gasteiger charge is -2.09. The van der Waals surface area contributed by atoms with E-state index in [1.165, 1.54) is 71.7 Å². The van der Waals surface area contributed by atoms with Crippen molar-refractivity contribution in [2.45, 2.75) is 6.92 Å². The van der Waals surface area contributed by atoms with Crippen LogP contribution in [0, 0.1) is 12.3 Å². The van der Waals surface area contributed by atoms with Crippen molar-refractivity contribution in [3.05, 3.63) is 217 Å². The van der Waals surface area contributed by atoms with Crippen molar-refractivity contribution in [3.8, 4) is 22.5 Å². The maximum Gasteiger partial charge on any atom is 0.154 e. The van der Waals surface area contributed by atoms with Gasteiger partial charge in [0, 0.05) is 44.0 Å². The number of hydrogen-bond donors (Lipinski definition) is 2. The van der Waals surface area contributed by atoms with Crippen LogP contribution in [0.5, 0.6) is 0 Å². The van der Waals surface area contributed by atoms with Crippen LogP contribution in [0.25, 0.3) is 66.1 Å². The third-order valence-corrected chi connectivity index (χ3v) is 10.3. The van der Waals surface area contributed by atoms with Crippen LogP contribution >= 0.6 is 0 Å². The van der Waals surface area contributed by atoms with E-state index in [2.05, 4.69) is 161 Å². The number of rotatable bonds is 5. The zero-order valence-electron chi connectivity index (χ0n) is 31.0. The first-order valence-electron chi connectivity index (χ1n) is 18.8. The van der Waals surface area contributed by atoms with Gasteiger partial charge in [-0.05, 0) is 78.7 Å². The van der Waals surface area contributed by atoms with Gasteiger partial charge in [0.05, 0.1) is 22.1 Å². The highest BCUT2D eigenvalue weighted by Gasteiger charge is 2.16. The van der Waals surface area contributed by atoms with E-state index in [1.54, 1.807) is 0 Å². The number of aromatic nitrogens is 2. The molecule has 0 fully saturated rings. The summed E-state index contributed by atoms with van der Waals surface area (Å²) in [6.45, 7) is 2.13. The van der Waals surface area contributed by atoms with Crippen LogP contribution in [0.3, 0.4) is 0 Å². The number of nitrogens with one attached hydrogen (secondary N) is 1. The molecule has 0 radical (unpaired) electrons. The van der Waals surface area contributed by atoms with E-state index in [0.717, 1.165) is 11.1 Å². The first-order valence-corrected chi connectivity index (χ1v) is 18.8. The minimum absolute atomic E-state index is 0.173. The van der Waals surface area contributed by atoms with Gasteiger partial charge in [0.1, 0.15) is 5.84 Å². The number of fused-ring (bicyclic) bond motifs is 6. The number of aliphatic imine (C=N–C) groups is 1. The Morgan fingerprint density at radius 3 is 1.36 bits per heavy atom. The fourth-order valence-corrected chi connectivity index (χ4v) is 7.59. The molecule has 5 nitrogen and oxygen atoms in total. The van der Waals surface area contributed by atoms with Crippen LogP contribution in [-0.4, -0.2) is 20.8 Å². The SMILES string of the molecule is Cc1ccc(-n2c3ccccc3c3cc(-c4ccc5c(c4)c4ccccc4n5-c4ccccc4)ccc32)cc1.N=C(N=C(N)c1ccccc1)c1ccccc1. The standard InChI is InChI=1S/C37H26N2.C14H13N3/c1-25-15-19-29(20-16-25)39-35-14-8-6-12-31(35)33-24-27(18-22-37(33)39)26-17-21-36-32(23-26)30-11-5-7-13-34(30)38(36)28-9-3-2-4-10-28;15-13(11-7-3-1-4-8-11)17-14(16)12-9-5-2-6-10-12/h2-24H,1H3;1-10H,(H3,15,16,17). The molecular formula is C51H39N5. The number of benzene rings is 8. The normalized spacial score (nSPS) is 11.6. The molecule has 0 saturated carbocycles. The fraction of sp³-hybridized carbons (Fsp3) is 0.0196. The third kappa shape index (κ3) is 6.42. The average Bonchev–Trinajstić information content (AvgIpc) is 3.77. The Morgan fingerprint density at radius 2 is 0.839 bits per heavy atom. The zero-order valence-corrected chi connectivity index (χ0v) is 31.0. The lowest BCUT2D eigenvalue weighted by molar-refractivity contribution is 1.17. The molecule has 0 amide bonds.